The van der Waals surface area contributed by atoms with E-state index in [1.165, 1.54) is 16.8 Å². The highest BCUT2D eigenvalue weighted by molar-refractivity contribution is 6.29. The van der Waals surface area contributed by atoms with Crippen LogP contribution in [0.2, 0.25) is 0 Å². The number of hydroxylamine groups is 1. The van der Waals surface area contributed by atoms with E-state index in [1.54, 1.807) is 6.08 Å². The van der Waals surface area contributed by atoms with Gasteiger partial charge in [-0.3, -0.25) is 4.79 Å². The van der Waals surface area contributed by atoms with Crippen molar-refractivity contribution in [3.8, 4) is 0 Å². The average Bonchev–Trinajstić information content (AvgIpc) is 2.96. The Morgan fingerprint density at radius 1 is 1.21 bits per heavy atom. The molecule has 0 radical (unpaired) electrons. The summed E-state index contributed by atoms with van der Waals surface area (Å²) in [4.78, 5) is 23.2. The molecule has 152 valence electrons. The minimum atomic E-state index is -0.686. The zero-order valence-electron chi connectivity index (χ0n) is 17.3. The second kappa shape index (κ2) is 6.68. The maximum Gasteiger partial charge on any atom is 0.312 e. The second-order valence-electron chi connectivity index (χ2n) is 9.15. The van der Waals surface area contributed by atoms with Crippen molar-refractivity contribution in [3.05, 3.63) is 45.8 Å². The highest BCUT2D eigenvalue weighted by Crippen LogP contribution is 2.49. The van der Waals surface area contributed by atoms with Crippen LogP contribution >= 0.6 is 0 Å². The Morgan fingerprint density at radius 3 is 2.31 bits per heavy atom. The molecule has 0 saturated carbocycles. The van der Waals surface area contributed by atoms with Crippen molar-refractivity contribution in [3.63, 3.8) is 0 Å². The number of anilines is 1. The molecule has 1 aromatic carbocycles. The van der Waals surface area contributed by atoms with Crippen molar-refractivity contribution in [2.45, 2.75) is 51.4 Å². The average molecular weight is 394 g/mol. The highest BCUT2D eigenvalue weighted by Gasteiger charge is 2.40. The van der Waals surface area contributed by atoms with Gasteiger partial charge in [0.2, 0.25) is 0 Å². The van der Waals surface area contributed by atoms with Crippen LogP contribution in [0.5, 0.6) is 0 Å². The van der Waals surface area contributed by atoms with Gasteiger partial charge in [0.25, 0.3) is 0 Å². The Kier molecular flexibility index (Phi) is 4.52. The summed E-state index contributed by atoms with van der Waals surface area (Å²) in [7, 11) is 0. The van der Waals surface area contributed by atoms with Crippen molar-refractivity contribution >= 4 is 23.5 Å². The van der Waals surface area contributed by atoms with Gasteiger partial charge in [-0.25, -0.2) is 4.84 Å². The highest BCUT2D eigenvalue weighted by atomic mass is 16.8. The lowest BCUT2D eigenvalue weighted by Crippen LogP contribution is -2.44. The Balaban J connectivity index is 1.87. The fourth-order valence-electron chi connectivity index (χ4n) is 4.45. The van der Waals surface area contributed by atoms with Crippen LogP contribution in [0.4, 0.5) is 5.69 Å². The van der Waals surface area contributed by atoms with E-state index in [2.05, 4.69) is 54.7 Å². The van der Waals surface area contributed by atoms with Crippen molar-refractivity contribution in [1.29, 1.82) is 0 Å². The molecule has 3 heterocycles. The van der Waals surface area contributed by atoms with E-state index in [0.717, 1.165) is 31.5 Å². The molecule has 0 atom stereocenters. The van der Waals surface area contributed by atoms with Gasteiger partial charge in [-0.05, 0) is 57.7 Å². The molecule has 1 N–H and O–H groups in total. The third-order valence-electron chi connectivity index (χ3n) is 6.35. The van der Waals surface area contributed by atoms with Crippen LogP contribution < -0.4 is 4.90 Å². The van der Waals surface area contributed by atoms with Gasteiger partial charge >= 0.3 is 11.7 Å². The van der Waals surface area contributed by atoms with Gasteiger partial charge in [-0.15, -0.1) is 0 Å². The molecule has 0 spiro atoms. The van der Waals surface area contributed by atoms with Gasteiger partial charge < -0.3 is 14.9 Å². The number of aliphatic hydroxyl groups excluding tert-OH is 1. The number of benzene rings is 1. The normalized spacial score (nSPS) is 23.1. The lowest BCUT2D eigenvalue weighted by atomic mass is 9.69. The van der Waals surface area contributed by atoms with Crippen LogP contribution in [0.25, 0.3) is 10.9 Å². The van der Waals surface area contributed by atoms with Crippen molar-refractivity contribution in [1.82, 2.24) is 5.17 Å². The predicted octanol–water partition coefficient (Wildman–Crippen LogP) is 3.20. The lowest BCUT2D eigenvalue weighted by molar-refractivity contribution is -0.207. The number of hydrogen-bond acceptors (Lipinski definition) is 5. The molecule has 0 fully saturated rings. The summed E-state index contributed by atoms with van der Waals surface area (Å²) in [5, 5.41) is 13.5. The largest absolute Gasteiger partial charge is 0.371 e. The lowest BCUT2D eigenvalue weighted by Gasteiger charge is -2.48. The summed E-state index contributed by atoms with van der Waals surface area (Å²) in [5.74, 6) is -0.577. The summed E-state index contributed by atoms with van der Waals surface area (Å²) in [6.07, 6.45) is 3.87. The first-order valence-corrected chi connectivity index (χ1v) is 9.88. The minimum Gasteiger partial charge on any atom is -0.371 e. The molecule has 0 saturated heterocycles. The third-order valence-corrected chi connectivity index (χ3v) is 6.35. The molecule has 1 aromatic rings. The maximum absolute atomic E-state index is 12.6. The summed E-state index contributed by atoms with van der Waals surface area (Å²) < 4.78 is 0. The topological polar surface area (TPSA) is 69.7 Å². The zero-order valence-corrected chi connectivity index (χ0v) is 17.3. The number of hydrogen-bond donors (Lipinski definition) is 1. The maximum atomic E-state index is 12.6. The van der Waals surface area contributed by atoms with E-state index in [-0.39, 0.29) is 22.2 Å². The second-order valence-corrected chi connectivity index (χ2v) is 9.15. The van der Waals surface area contributed by atoms with E-state index in [9.17, 15) is 4.79 Å². The fourth-order valence-corrected chi connectivity index (χ4v) is 4.45. The van der Waals surface area contributed by atoms with Crippen LogP contribution in [0.15, 0.2) is 22.8 Å². The molecule has 3 aliphatic heterocycles. The van der Waals surface area contributed by atoms with Gasteiger partial charge in [0, 0.05) is 23.9 Å². The number of aliphatic hydroxyl groups is 1. The molecule has 4 rings (SSSR count). The number of amides is 1. The number of hydrazone groups is 1. The molecule has 0 aliphatic carbocycles. The monoisotopic (exact) mass is 394 g/mol. The number of rotatable bonds is 3. The standard InChI is InChI=1S/C22H26N4O3/c1-21(2)6-8-25-9-7-22(3,4)17-12-14(11-16(21)18(17)25)10-15-19(23-5)24-26(20(15)28)29-13-27/h10-12,27H,6-9,13H2,1-4H3/b15-10-. The molecular formula is C22H26N4O3. The Bertz CT molecular complexity index is 943. The fraction of sp³-hybridized carbons (Fsp3) is 0.500. The molecule has 7 heteroatoms. The van der Waals surface area contributed by atoms with Gasteiger partial charge in [-0.2, -0.15) is 0 Å². The SMILES string of the molecule is [C-]#[N+]C1=NN(OCO)C(=O)/C1=C\c1cc2c3c(c1)C(C)(C)CCN3CCC2(C)C. The summed E-state index contributed by atoms with van der Waals surface area (Å²) >= 11 is 0. The van der Waals surface area contributed by atoms with Crippen molar-refractivity contribution in [2.75, 3.05) is 24.8 Å². The number of nitrogens with zero attached hydrogens (tertiary/aromatic N) is 4. The first-order chi connectivity index (χ1) is 13.7. The first kappa shape index (κ1) is 19.6. The van der Waals surface area contributed by atoms with Crippen LogP contribution in [0, 0.1) is 6.57 Å². The van der Waals surface area contributed by atoms with Gasteiger partial charge in [0.15, 0.2) is 6.79 Å². The molecule has 1 amide bonds. The predicted molar refractivity (Wildman–Crippen MR) is 111 cm³/mol. The minimum absolute atomic E-state index is 0.0324. The Labute approximate surface area is 171 Å². The number of carbonyl (C=O) groups excluding carboxylic acids is 1. The smallest absolute Gasteiger partial charge is 0.312 e. The van der Waals surface area contributed by atoms with E-state index < -0.39 is 12.7 Å². The van der Waals surface area contributed by atoms with E-state index in [0.29, 0.717) is 5.17 Å². The third kappa shape index (κ3) is 3.13. The van der Waals surface area contributed by atoms with E-state index in [4.69, 9.17) is 16.5 Å². The van der Waals surface area contributed by atoms with Gasteiger partial charge in [0.05, 0.1) is 5.57 Å². The van der Waals surface area contributed by atoms with E-state index in [1.807, 2.05) is 0 Å². The van der Waals surface area contributed by atoms with Crippen LogP contribution in [-0.4, -0.2) is 41.9 Å². The molecular weight excluding hydrogens is 368 g/mol. The van der Waals surface area contributed by atoms with Crippen LogP contribution in [-0.2, 0) is 20.5 Å². The van der Waals surface area contributed by atoms with Crippen molar-refractivity contribution < 1.29 is 14.7 Å². The summed E-state index contributed by atoms with van der Waals surface area (Å²) in [6.45, 7) is 17.8. The summed E-state index contributed by atoms with van der Waals surface area (Å²) in [6, 6.07) is 4.29. The Morgan fingerprint density at radius 2 is 1.79 bits per heavy atom. The summed E-state index contributed by atoms with van der Waals surface area (Å²) in [5.41, 5.74) is 5.04. The molecule has 3 aliphatic rings. The van der Waals surface area contributed by atoms with Crippen molar-refractivity contribution in [2.24, 2.45) is 5.10 Å². The van der Waals surface area contributed by atoms with E-state index >= 15 is 0 Å². The Hall–Kier alpha value is -2.69. The molecule has 0 bridgehead atoms. The number of amidine groups is 1. The van der Waals surface area contributed by atoms with Gasteiger partial charge in [0.1, 0.15) is 0 Å². The molecule has 0 aromatic heterocycles. The molecule has 0 unspecified atom stereocenters. The molecule has 29 heavy (non-hydrogen) atoms. The first-order valence-electron chi connectivity index (χ1n) is 9.88. The molecule has 7 nitrogen and oxygen atoms in total. The van der Waals surface area contributed by atoms with Gasteiger partial charge in [-0.1, -0.05) is 40.3 Å². The van der Waals surface area contributed by atoms with Crippen LogP contribution in [0.3, 0.4) is 0 Å². The quantitative estimate of drug-likeness (QED) is 0.486. The zero-order chi connectivity index (χ0) is 21.0. The van der Waals surface area contributed by atoms with Crippen LogP contribution in [0.1, 0.15) is 57.2 Å². The number of carbonyl (C=O) groups is 1.